The second kappa shape index (κ2) is 7.33. The number of rotatable bonds is 7. The molecule has 2 aliphatic heterocycles. The van der Waals surface area contributed by atoms with Gasteiger partial charge in [-0.25, -0.2) is 9.59 Å². The molecule has 2 heterocycles. The zero-order valence-electron chi connectivity index (χ0n) is 14.8. The van der Waals surface area contributed by atoms with Crippen molar-refractivity contribution >= 4 is 22.4 Å². The largest absolute Gasteiger partial charge is 0.494 e. The maximum atomic E-state index is 12.6. The van der Waals surface area contributed by atoms with Crippen molar-refractivity contribution in [3.8, 4) is 5.75 Å². The van der Waals surface area contributed by atoms with Gasteiger partial charge in [-0.3, -0.25) is 4.55 Å². The van der Waals surface area contributed by atoms with Gasteiger partial charge in [0.05, 0.1) is 19.8 Å². The molecule has 3 rings (SSSR count). The van der Waals surface area contributed by atoms with E-state index in [2.05, 4.69) is 4.28 Å². The summed E-state index contributed by atoms with van der Waals surface area (Å²) in [5.41, 5.74) is 0.982. The van der Waals surface area contributed by atoms with E-state index in [1.165, 1.54) is 0 Å². The quantitative estimate of drug-likeness (QED) is 0.541. The summed E-state index contributed by atoms with van der Waals surface area (Å²) < 4.78 is 46.5. The number of nitrogens with zero attached hydrogens (tertiary/aromatic N) is 2. The van der Waals surface area contributed by atoms with Crippen LogP contribution in [-0.2, 0) is 24.2 Å². The summed E-state index contributed by atoms with van der Waals surface area (Å²) in [7, 11) is -4.92. The number of urea groups is 1. The lowest BCUT2D eigenvalue weighted by atomic mass is 9.91. The van der Waals surface area contributed by atoms with E-state index in [0.717, 1.165) is 11.3 Å². The maximum absolute atomic E-state index is 12.6. The van der Waals surface area contributed by atoms with Crippen LogP contribution in [0.25, 0.3) is 0 Å². The van der Waals surface area contributed by atoms with Gasteiger partial charge in [-0.05, 0) is 36.6 Å². The molecule has 2 amide bonds. The lowest BCUT2D eigenvalue weighted by Gasteiger charge is -2.31. The van der Waals surface area contributed by atoms with Crippen molar-refractivity contribution in [1.82, 2.24) is 9.96 Å². The molecule has 0 saturated carbocycles. The van der Waals surface area contributed by atoms with E-state index in [0.29, 0.717) is 28.5 Å². The molecule has 2 bridgehead atoms. The molecule has 1 saturated heterocycles. The molecule has 0 aliphatic carbocycles. The summed E-state index contributed by atoms with van der Waals surface area (Å²) in [5.74, 6) is -0.126. The Morgan fingerprint density at radius 3 is 2.67 bits per heavy atom. The fourth-order valence-electron chi connectivity index (χ4n) is 3.27. The van der Waals surface area contributed by atoms with E-state index in [-0.39, 0.29) is 13.2 Å². The first-order valence-corrected chi connectivity index (χ1v) is 9.83. The van der Waals surface area contributed by atoms with Gasteiger partial charge >= 0.3 is 22.4 Å². The third-order valence-electron chi connectivity index (χ3n) is 4.27. The van der Waals surface area contributed by atoms with Crippen molar-refractivity contribution in [2.75, 3.05) is 19.8 Å². The van der Waals surface area contributed by atoms with Crippen molar-refractivity contribution in [3.63, 3.8) is 0 Å². The number of carbonyl (C=O) groups excluding carboxylic acids is 2. The highest BCUT2D eigenvalue weighted by atomic mass is 32.3. The van der Waals surface area contributed by atoms with E-state index in [4.69, 9.17) is 14.0 Å². The molecule has 10 nitrogen and oxygen atoms in total. The van der Waals surface area contributed by atoms with Crippen molar-refractivity contribution in [2.24, 2.45) is 0 Å². The molecule has 1 unspecified atom stereocenters. The Labute approximate surface area is 156 Å². The number of fused-ring (bicyclic) bond motifs is 4. The SMILES string of the molecule is CCCOc1ccc2c(c1)[C@H]1CN(C(=O)N1OS(=O)(=O)O)C2C(=O)OCC. The maximum Gasteiger partial charge on any atom is 0.418 e. The van der Waals surface area contributed by atoms with E-state index in [1.807, 2.05) is 6.92 Å². The summed E-state index contributed by atoms with van der Waals surface area (Å²) in [6, 6.07) is 2.22. The molecule has 0 aromatic heterocycles. The van der Waals surface area contributed by atoms with Gasteiger partial charge in [-0.1, -0.05) is 13.0 Å². The highest BCUT2D eigenvalue weighted by molar-refractivity contribution is 7.80. The molecular formula is C16H20N2O8S. The van der Waals surface area contributed by atoms with Crippen LogP contribution in [0.1, 0.15) is 43.5 Å². The minimum atomic E-state index is -4.92. The second-order valence-electron chi connectivity index (χ2n) is 6.07. The van der Waals surface area contributed by atoms with Crippen LogP contribution < -0.4 is 4.74 Å². The van der Waals surface area contributed by atoms with E-state index in [9.17, 15) is 18.0 Å². The summed E-state index contributed by atoms with van der Waals surface area (Å²) in [4.78, 5) is 26.2. The van der Waals surface area contributed by atoms with Crippen LogP contribution in [0.5, 0.6) is 5.75 Å². The monoisotopic (exact) mass is 400 g/mol. The van der Waals surface area contributed by atoms with Gasteiger partial charge in [0.15, 0.2) is 6.04 Å². The first-order valence-electron chi connectivity index (χ1n) is 8.47. The Bertz CT molecular complexity index is 856. The predicted octanol–water partition coefficient (Wildman–Crippen LogP) is 1.61. The van der Waals surface area contributed by atoms with Gasteiger partial charge in [-0.15, -0.1) is 4.28 Å². The van der Waals surface area contributed by atoms with Crippen LogP contribution in [0.4, 0.5) is 4.79 Å². The highest BCUT2D eigenvalue weighted by Gasteiger charge is 2.52. The van der Waals surface area contributed by atoms with Crippen LogP contribution in [0, 0.1) is 0 Å². The van der Waals surface area contributed by atoms with Gasteiger partial charge in [0.1, 0.15) is 11.8 Å². The van der Waals surface area contributed by atoms with Crippen molar-refractivity contribution in [2.45, 2.75) is 32.4 Å². The molecule has 1 aromatic carbocycles. The number of esters is 1. The Balaban J connectivity index is 2.06. The standard InChI is InChI=1S/C16H20N2O8S/c1-3-7-25-10-5-6-11-12(8-10)13-9-17(14(11)15(19)24-4-2)16(20)18(13)26-27(21,22)23/h5-6,8,13-14H,3-4,7,9H2,1-2H3,(H,21,22,23)/t13-,14?/m1/s1. The molecule has 2 aliphatic rings. The number of carbonyl (C=O) groups is 2. The zero-order valence-corrected chi connectivity index (χ0v) is 15.6. The minimum Gasteiger partial charge on any atom is -0.494 e. The average Bonchev–Trinajstić information content (AvgIpc) is 2.86. The van der Waals surface area contributed by atoms with Crippen molar-refractivity contribution < 1.29 is 36.3 Å². The zero-order chi connectivity index (χ0) is 19.8. The molecule has 2 atom stereocenters. The molecule has 0 radical (unpaired) electrons. The molecule has 1 N–H and O–H groups in total. The molecule has 1 fully saturated rings. The van der Waals surface area contributed by atoms with Crippen LogP contribution in [0.15, 0.2) is 18.2 Å². The van der Waals surface area contributed by atoms with Gasteiger partial charge in [0.25, 0.3) is 0 Å². The summed E-state index contributed by atoms with van der Waals surface area (Å²) >= 11 is 0. The fourth-order valence-corrected chi connectivity index (χ4v) is 3.64. The van der Waals surface area contributed by atoms with Gasteiger partial charge in [0, 0.05) is 0 Å². The lowest BCUT2D eigenvalue weighted by Crippen LogP contribution is -2.39. The second-order valence-corrected chi connectivity index (χ2v) is 7.08. The third-order valence-corrected chi connectivity index (χ3v) is 4.62. The smallest absolute Gasteiger partial charge is 0.418 e. The summed E-state index contributed by atoms with van der Waals surface area (Å²) in [6.45, 7) is 4.19. The molecule has 0 spiro atoms. The number of hydroxylamine groups is 2. The van der Waals surface area contributed by atoms with Crippen molar-refractivity contribution in [1.29, 1.82) is 0 Å². The molecule has 148 valence electrons. The highest BCUT2D eigenvalue weighted by Crippen LogP contribution is 2.45. The number of ether oxygens (including phenoxy) is 2. The topological polar surface area (TPSA) is 123 Å². The van der Waals surface area contributed by atoms with Crippen molar-refractivity contribution in [3.05, 3.63) is 29.3 Å². The fraction of sp³-hybridized carbons (Fsp3) is 0.500. The normalized spacial score (nSPS) is 21.2. The first-order chi connectivity index (χ1) is 12.8. The van der Waals surface area contributed by atoms with Crippen LogP contribution in [0.3, 0.4) is 0 Å². The van der Waals surface area contributed by atoms with Crippen LogP contribution in [-0.4, -0.2) is 54.7 Å². The number of benzene rings is 1. The van der Waals surface area contributed by atoms with Crippen LogP contribution in [0.2, 0.25) is 0 Å². The molecule has 1 aromatic rings. The van der Waals surface area contributed by atoms with E-state index in [1.54, 1.807) is 25.1 Å². The Hall–Kier alpha value is -2.37. The van der Waals surface area contributed by atoms with Crippen LogP contribution >= 0.6 is 0 Å². The lowest BCUT2D eigenvalue weighted by molar-refractivity contribution is -0.148. The molecular weight excluding hydrogens is 380 g/mol. The number of hydrogen-bond acceptors (Lipinski definition) is 7. The van der Waals surface area contributed by atoms with E-state index >= 15 is 0 Å². The Morgan fingerprint density at radius 2 is 2.04 bits per heavy atom. The van der Waals surface area contributed by atoms with Gasteiger partial charge < -0.3 is 14.4 Å². The van der Waals surface area contributed by atoms with E-state index < -0.39 is 34.5 Å². The Morgan fingerprint density at radius 1 is 1.30 bits per heavy atom. The first kappa shape index (κ1) is 19.4. The Kier molecular flexibility index (Phi) is 5.27. The predicted molar refractivity (Wildman–Crippen MR) is 90.9 cm³/mol. The summed E-state index contributed by atoms with van der Waals surface area (Å²) in [5, 5.41) is 0.553. The minimum absolute atomic E-state index is 0.00205. The number of hydrogen-bond donors (Lipinski definition) is 1. The van der Waals surface area contributed by atoms with Gasteiger partial charge in [-0.2, -0.15) is 13.5 Å². The molecule has 11 heteroatoms. The third kappa shape index (κ3) is 3.70. The average molecular weight is 400 g/mol. The van der Waals surface area contributed by atoms with Gasteiger partial charge in [0.2, 0.25) is 0 Å². The summed E-state index contributed by atoms with van der Waals surface area (Å²) in [6.07, 6.45) is 0.788. The number of amides is 2. The molecule has 27 heavy (non-hydrogen) atoms.